The van der Waals surface area contributed by atoms with Gasteiger partial charge in [0.2, 0.25) is 0 Å². The van der Waals surface area contributed by atoms with E-state index in [1.807, 2.05) is 20.8 Å². The number of pyridine rings is 1. The molecule has 0 spiro atoms. The van der Waals surface area contributed by atoms with Crippen molar-refractivity contribution >= 4 is 28.4 Å². The Labute approximate surface area is 181 Å². The molecule has 1 aromatic carbocycles. The number of nitrogens with one attached hydrogen (secondary N) is 1. The van der Waals surface area contributed by atoms with E-state index < -0.39 is 5.41 Å². The quantitative estimate of drug-likeness (QED) is 0.733. The van der Waals surface area contributed by atoms with Gasteiger partial charge in [0.1, 0.15) is 12.4 Å². The van der Waals surface area contributed by atoms with Crippen LogP contribution >= 0.6 is 0 Å². The molecule has 1 aromatic heterocycles. The molecule has 3 rings (SSSR count). The Morgan fingerprint density at radius 1 is 1.23 bits per heavy atom. The number of amides is 1. The maximum Gasteiger partial charge on any atom is 0.252 e. The van der Waals surface area contributed by atoms with Gasteiger partial charge in [0, 0.05) is 29.0 Å². The van der Waals surface area contributed by atoms with Gasteiger partial charge in [-0.2, -0.15) is 5.26 Å². The predicted octanol–water partition coefficient (Wildman–Crippen LogP) is 3.47. The summed E-state index contributed by atoms with van der Waals surface area (Å²) in [6.45, 7) is 5.38. The number of fused-ring (bicyclic) bond motifs is 1. The van der Waals surface area contributed by atoms with Crippen LogP contribution in [0.3, 0.4) is 0 Å². The molecule has 1 aliphatic rings. The van der Waals surface area contributed by atoms with Crippen molar-refractivity contribution < 1.29 is 19.1 Å². The first-order chi connectivity index (χ1) is 14.7. The minimum absolute atomic E-state index is 0.0146. The van der Waals surface area contributed by atoms with Crippen LogP contribution in [0.5, 0.6) is 5.75 Å². The molecule has 2 aromatic rings. The van der Waals surface area contributed by atoms with E-state index in [4.69, 9.17) is 10.00 Å². The van der Waals surface area contributed by atoms with Crippen molar-refractivity contribution in [2.75, 3.05) is 13.2 Å². The summed E-state index contributed by atoms with van der Waals surface area (Å²) in [7, 11) is 0. The number of ether oxygens (including phenoxy) is 1. The van der Waals surface area contributed by atoms with Crippen LogP contribution in [0.2, 0.25) is 0 Å². The Balaban J connectivity index is 1.68. The SMILES string of the molecule is CC(C)(C)C(=O)COc1ccc2c(C(=O)NCC(=O)C3CCC[C@H]3C#N)ccnc2c1. The van der Waals surface area contributed by atoms with E-state index >= 15 is 0 Å². The number of carbonyl (C=O) groups excluding carboxylic acids is 3. The highest BCUT2D eigenvalue weighted by molar-refractivity contribution is 6.07. The first kappa shape index (κ1) is 22.4. The van der Waals surface area contributed by atoms with Gasteiger partial charge in [-0.3, -0.25) is 19.4 Å². The summed E-state index contributed by atoms with van der Waals surface area (Å²) in [5.74, 6) is -0.545. The van der Waals surface area contributed by atoms with Crippen LogP contribution in [0.1, 0.15) is 50.4 Å². The third-order valence-corrected chi connectivity index (χ3v) is 5.68. The van der Waals surface area contributed by atoms with Crippen molar-refractivity contribution in [1.82, 2.24) is 10.3 Å². The fourth-order valence-electron chi connectivity index (χ4n) is 3.67. The normalized spacial score (nSPS) is 18.4. The van der Waals surface area contributed by atoms with E-state index in [0.29, 0.717) is 28.6 Å². The largest absolute Gasteiger partial charge is 0.486 e. The molecule has 31 heavy (non-hydrogen) atoms. The Kier molecular flexibility index (Phi) is 6.69. The molecule has 1 fully saturated rings. The smallest absolute Gasteiger partial charge is 0.252 e. The van der Waals surface area contributed by atoms with E-state index in [1.54, 1.807) is 24.3 Å². The molecule has 7 heteroatoms. The second-order valence-corrected chi connectivity index (χ2v) is 8.92. The Hall–Kier alpha value is -3.27. The molecule has 1 aliphatic carbocycles. The molecule has 7 nitrogen and oxygen atoms in total. The molecule has 0 radical (unpaired) electrons. The first-order valence-corrected chi connectivity index (χ1v) is 10.5. The molecule has 1 unspecified atom stereocenters. The van der Waals surface area contributed by atoms with E-state index in [1.165, 1.54) is 6.20 Å². The number of nitriles is 1. The number of carbonyl (C=O) groups is 3. The van der Waals surface area contributed by atoms with Crippen LogP contribution in [-0.2, 0) is 9.59 Å². The zero-order valence-corrected chi connectivity index (χ0v) is 18.1. The third-order valence-electron chi connectivity index (χ3n) is 5.68. The van der Waals surface area contributed by atoms with Gasteiger partial charge in [0.25, 0.3) is 5.91 Å². The second-order valence-electron chi connectivity index (χ2n) is 8.92. The molecule has 0 saturated heterocycles. The number of rotatable bonds is 7. The highest BCUT2D eigenvalue weighted by Gasteiger charge is 2.32. The zero-order valence-electron chi connectivity index (χ0n) is 18.1. The van der Waals surface area contributed by atoms with Gasteiger partial charge < -0.3 is 10.1 Å². The maximum absolute atomic E-state index is 12.7. The minimum atomic E-state index is -0.483. The van der Waals surface area contributed by atoms with E-state index in [0.717, 1.165) is 12.8 Å². The molecule has 0 aliphatic heterocycles. The summed E-state index contributed by atoms with van der Waals surface area (Å²) in [4.78, 5) is 41.5. The number of benzene rings is 1. The average molecular weight is 421 g/mol. The molecule has 1 saturated carbocycles. The number of hydrogen-bond acceptors (Lipinski definition) is 6. The number of aromatic nitrogens is 1. The molecule has 1 heterocycles. The van der Waals surface area contributed by atoms with Gasteiger partial charge >= 0.3 is 0 Å². The minimum Gasteiger partial charge on any atom is -0.486 e. The molecular weight excluding hydrogens is 394 g/mol. The summed E-state index contributed by atoms with van der Waals surface area (Å²) in [6, 6.07) is 8.89. The number of hydrogen-bond donors (Lipinski definition) is 1. The van der Waals surface area contributed by atoms with Gasteiger partial charge in [0.15, 0.2) is 11.6 Å². The molecule has 162 valence electrons. The van der Waals surface area contributed by atoms with Crippen molar-refractivity contribution in [2.45, 2.75) is 40.0 Å². The van der Waals surface area contributed by atoms with Gasteiger partial charge in [-0.25, -0.2) is 0 Å². The second kappa shape index (κ2) is 9.25. The fraction of sp³-hybridized carbons (Fsp3) is 0.458. The van der Waals surface area contributed by atoms with Gasteiger partial charge in [0.05, 0.1) is 29.6 Å². The van der Waals surface area contributed by atoms with E-state index in [2.05, 4.69) is 16.4 Å². The van der Waals surface area contributed by atoms with Crippen LogP contribution in [0.4, 0.5) is 0 Å². The van der Waals surface area contributed by atoms with Crippen molar-refractivity contribution in [2.24, 2.45) is 17.3 Å². The Morgan fingerprint density at radius 2 is 2.00 bits per heavy atom. The number of ketones is 2. The van der Waals surface area contributed by atoms with E-state index in [9.17, 15) is 14.4 Å². The summed E-state index contributed by atoms with van der Waals surface area (Å²) in [5.41, 5.74) is 0.474. The summed E-state index contributed by atoms with van der Waals surface area (Å²) < 4.78 is 5.60. The standard InChI is InChI=1S/C24H27N3O4/c1-24(2,3)22(29)14-31-16-7-8-18-19(9-10-26-20(18)11-16)23(30)27-13-21(28)17-6-4-5-15(17)12-25/h7-11,15,17H,4-6,13-14H2,1-3H3,(H,27,30)/t15-,17?/m0/s1. The summed E-state index contributed by atoms with van der Waals surface area (Å²) in [6.07, 6.45) is 3.82. The van der Waals surface area contributed by atoms with E-state index in [-0.39, 0.29) is 42.5 Å². The van der Waals surface area contributed by atoms with Crippen LogP contribution in [0, 0.1) is 28.6 Å². The predicted molar refractivity (Wildman–Crippen MR) is 115 cm³/mol. The van der Waals surface area contributed by atoms with Gasteiger partial charge in [-0.15, -0.1) is 0 Å². The summed E-state index contributed by atoms with van der Waals surface area (Å²) in [5, 5.41) is 12.5. The molecule has 0 bridgehead atoms. The third kappa shape index (κ3) is 5.26. The first-order valence-electron chi connectivity index (χ1n) is 10.5. The molecular formula is C24H27N3O4. The average Bonchev–Trinajstić information content (AvgIpc) is 3.23. The maximum atomic E-state index is 12.7. The number of Topliss-reactive ketones (excluding diaryl/α,β-unsaturated/α-hetero) is 2. The summed E-state index contributed by atoms with van der Waals surface area (Å²) >= 11 is 0. The lowest BCUT2D eigenvalue weighted by Gasteiger charge is -2.17. The van der Waals surface area contributed by atoms with Crippen molar-refractivity contribution in [1.29, 1.82) is 5.26 Å². The van der Waals surface area contributed by atoms with Gasteiger partial charge in [-0.1, -0.05) is 27.2 Å². The van der Waals surface area contributed by atoms with Crippen LogP contribution in [0.15, 0.2) is 30.5 Å². The Morgan fingerprint density at radius 3 is 2.71 bits per heavy atom. The lowest BCUT2D eigenvalue weighted by Crippen LogP contribution is -2.34. The van der Waals surface area contributed by atoms with Crippen LogP contribution in [0.25, 0.3) is 10.9 Å². The van der Waals surface area contributed by atoms with Crippen LogP contribution in [-0.4, -0.2) is 35.6 Å². The molecule has 1 amide bonds. The van der Waals surface area contributed by atoms with Crippen molar-refractivity contribution in [3.05, 3.63) is 36.0 Å². The molecule has 1 N–H and O–H groups in total. The molecule has 2 atom stereocenters. The highest BCUT2D eigenvalue weighted by atomic mass is 16.5. The topological polar surface area (TPSA) is 109 Å². The highest BCUT2D eigenvalue weighted by Crippen LogP contribution is 2.31. The van der Waals surface area contributed by atoms with Crippen LogP contribution < -0.4 is 10.1 Å². The number of nitrogens with zero attached hydrogens (tertiary/aromatic N) is 2. The Bertz CT molecular complexity index is 1050. The fourth-order valence-corrected chi connectivity index (χ4v) is 3.67. The zero-order chi connectivity index (χ0) is 22.6. The van der Waals surface area contributed by atoms with Gasteiger partial charge in [-0.05, 0) is 31.0 Å². The van der Waals surface area contributed by atoms with Crippen molar-refractivity contribution in [3.63, 3.8) is 0 Å². The lowest BCUT2D eigenvalue weighted by molar-refractivity contribution is -0.128. The van der Waals surface area contributed by atoms with Crippen molar-refractivity contribution in [3.8, 4) is 11.8 Å². The lowest BCUT2D eigenvalue weighted by atomic mass is 9.91. The monoisotopic (exact) mass is 421 g/mol.